The lowest BCUT2D eigenvalue weighted by Gasteiger charge is -2.32. The van der Waals surface area contributed by atoms with E-state index < -0.39 is 28.5 Å². The number of nitrogens with one attached hydrogen (secondary N) is 1. The quantitative estimate of drug-likeness (QED) is 0.464. The molecule has 0 saturated carbocycles. The molecule has 1 aliphatic heterocycles. The van der Waals surface area contributed by atoms with Crippen molar-refractivity contribution in [1.82, 2.24) is 10.2 Å². The Morgan fingerprint density at radius 3 is 2.39 bits per heavy atom. The zero-order valence-corrected chi connectivity index (χ0v) is 22.1. The molecule has 10 heteroatoms. The molecule has 0 radical (unpaired) electrons. The summed E-state index contributed by atoms with van der Waals surface area (Å²) in [6.45, 7) is 7.52. The first-order chi connectivity index (χ1) is 17.1. The first-order valence-corrected chi connectivity index (χ1v) is 13.7. The van der Waals surface area contributed by atoms with Gasteiger partial charge >= 0.3 is 0 Å². The van der Waals surface area contributed by atoms with Crippen molar-refractivity contribution in [2.75, 3.05) is 36.5 Å². The topological polar surface area (TPSA) is 105 Å². The van der Waals surface area contributed by atoms with Crippen LogP contribution in [0.5, 0.6) is 11.5 Å². The van der Waals surface area contributed by atoms with Gasteiger partial charge in [0.05, 0.1) is 11.4 Å². The summed E-state index contributed by atoms with van der Waals surface area (Å²) in [6, 6.07) is 13.6. The van der Waals surface area contributed by atoms with Crippen LogP contribution in [0, 0.1) is 5.92 Å². The molecule has 1 heterocycles. The summed E-state index contributed by atoms with van der Waals surface area (Å²) in [7, 11) is -3.80. The molecule has 0 spiro atoms. The molecule has 36 heavy (non-hydrogen) atoms. The van der Waals surface area contributed by atoms with E-state index in [0.717, 1.165) is 9.87 Å². The third kappa shape index (κ3) is 6.90. The first kappa shape index (κ1) is 27.3. The van der Waals surface area contributed by atoms with E-state index in [1.807, 2.05) is 44.2 Å². The van der Waals surface area contributed by atoms with Gasteiger partial charge in [-0.25, -0.2) is 8.42 Å². The summed E-state index contributed by atoms with van der Waals surface area (Å²) in [6.07, 6.45) is 0.527. The fourth-order valence-corrected chi connectivity index (χ4v) is 4.84. The maximum absolute atomic E-state index is 13.6. The number of hydrogen-bond acceptors (Lipinski definition) is 6. The minimum absolute atomic E-state index is 0.0501. The number of ether oxygens (including phenoxy) is 2. The summed E-state index contributed by atoms with van der Waals surface area (Å²) >= 11 is 0. The first-order valence-electron chi connectivity index (χ1n) is 12.1. The van der Waals surface area contributed by atoms with Crippen LogP contribution >= 0.6 is 0 Å². The van der Waals surface area contributed by atoms with E-state index in [4.69, 9.17) is 9.47 Å². The Labute approximate surface area is 213 Å². The minimum atomic E-state index is -3.80. The molecular formula is C26H35N3O6S. The van der Waals surface area contributed by atoms with Gasteiger partial charge in [0.25, 0.3) is 0 Å². The second-order valence-electron chi connectivity index (χ2n) is 9.08. The second kappa shape index (κ2) is 12.1. The van der Waals surface area contributed by atoms with Gasteiger partial charge in [0, 0.05) is 19.2 Å². The number of sulfonamides is 1. The molecule has 2 aromatic carbocycles. The van der Waals surface area contributed by atoms with E-state index in [-0.39, 0.29) is 30.9 Å². The molecule has 0 fully saturated rings. The number of nitrogens with zero attached hydrogens (tertiary/aromatic N) is 2. The van der Waals surface area contributed by atoms with Gasteiger partial charge in [0.1, 0.15) is 12.6 Å². The molecule has 0 saturated heterocycles. The molecule has 3 rings (SSSR count). The highest BCUT2D eigenvalue weighted by atomic mass is 32.2. The Bertz CT molecular complexity index is 1150. The Hall–Kier alpha value is -3.27. The summed E-state index contributed by atoms with van der Waals surface area (Å²) < 4.78 is 37.8. The van der Waals surface area contributed by atoms with Gasteiger partial charge < -0.3 is 19.7 Å². The number of fused-ring (bicyclic) bond motifs is 1. The fraction of sp³-hybridized carbons (Fsp3) is 0.462. The number of anilines is 1. The molecular weight excluding hydrogens is 482 g/mol. The predicted octanol–water partition coefficient (Wildman–Crippen LogP) is 2.80. The number of carbonyl (C=O) groups excluding carboxylic acids is 2. The molecule has 2 aromatic rings. The van der Waals surface area contributed by atoms with E-state index in [1.165, 1.54) is 11.8 Å². The molecule has 0 unspecified atom stereocenters. The number of carbonyl (C=O) groups is 2. The third-order valence-corrected chi connectivity index (χ3v) is 7.70. The van der Waals surface area contributed by atoms with E-state index in [1.54, 1.807) is 25.1 Å². The van der Waals surface area contributed by atoms with E-state index in [2.05, 4.69) is 5.32 Å². The van der Waals surface area contributed by atoms with Gasteiger partial charge in [-0.15, -0.1) is 0 Å². The van der Waals surface area contributed by atoms with Crippen LogP contribution < -0.4 is 19.1 Å². The largest absolute Gasteiger partial charge is 0.454 e. The predicted molar refractivity (Wildman–Crippen MR) is 139 cm³/mol. The zero-order chi connectivity index (χ0) is 26.3. The lowest BCUT2D eigenvalue weighted by Crippen LogP contribution is -2.52. The summed E-state index contributed by atoms with van der Waals surface area (Å²) in [5.41, 5.74) is 1.31. The molecule has 0 aromatic heterocycles. The average Bonchev–Trinajstić information content (AvgIpc) is 3.34. The molecule has 0 bridgehead atoms. The highest BCUT2D eigenvalue weighted by Gasteiger charge is 2.31. The van der Waals surface area contributed by atoms with Gasteiger partial charge in [0.2, 0.25) is 28.6 Å². The Morgan fingerprint density at radius 2 is 1.72 bits per heavy atom. The summed E-state index contributed by atoms with van der Waals surface area (Å²) in [4.78, 5) is 27.9. The maximum Gasteiger partial charge on any atom is 0.244 e. The highest BCUT2D eigenvalue weighted by Crippen LogP contribution is 2.36. The van der Waals surface area contributed by atoms with Crippen LogP contribution in [0.2, 0.25) is 0 Å². The molecule has 196 valence electrons. The van der Waals surface area contributed by atoms with E-state index >= 15 is 0 Å². The smallest absolute Gasteiger partial charge is 0.244 e. The second-order valence-corrected chi connectivity index (χ2v) is 11.3. The molecule has 0 aliphatic carbocycles. The van der Waals surface area contributed by atoms with Gasteiger partial charge in [-0.1, -0.05) is 44.2 Å². The Kier molecular flexibility index (Phi) is 9.19. The van der Waals surface area contributed by atoms with Gasteiger partial charge in [0.15, 0.2) is 11.5 Å². The number of benzene rings is 2. The monoisotopic (exact) mass is 517 g/mol. The normalized spacial score (nSPS) is 13.4. The average molecular weight is 518 g/mol. The van der Waals surface area contributed by atoms with Crippen molar-refractivity contribution < 1.29 is 27.5 Å². The maximum atomic E-state index is 13.6. The highest BCUT2D eigenvalue weighted by molar-refractivity contribution is 7.92. The van der Waals surface area contributed by atoms with Crippen LogP contribution in [0.4, 0.5) is 5.69 Å². The van der Waals surface area contributed by atoms with Crippen molar-refractivity contribution >= 4 is 27.5 Å². The fourth-order valence-electron chi connectivity index (χ4n) is 3.78. The Morgan fingerprint density at radius 1 is 1.03 bits per heavy atom. The lowest BCUT2D eigenvalue weighted by atomic mass is 10.1. The van der Waals surface area contributed by atoms with Crippen molar-refractivity contribution in [3.8, 4) is 11.5 Å². The zero-order valence-electron chi connectivity index (χ0n) is 21.3. The van der Waals surface area contributed by atoms with Crippen LogP contribution in [-0.4, -0.2) is 63.4 Å². The molecule has 1 aliphatic rings. The molecule has 1 N–H and O–H groups in total. The summed E-state index contributed by atoms with van der Waals surface area (Å²) in [5, 5.41) is 2.87. The van der Waals surface area contributed by atoms with Gasteiger partial charge in [-0.05, 0) is 43.9 Å². The van der Waals surface area contributed by atoms with E-state index in [0.29, 0.717) is 30.2 Å². The van der Waals surface area contributed by atoms with Crippen LogP contribution in [0.15, 0.2) is 48.5 Å². The van der Waals surface area contributed by atoms with E-state index in [9.17, 15) is 18.0 Å². The number of amides is 2. The van der Waals surface area contributed by atoms with Crippen LogP contribution in [-0.2, 0) is 26.0 Å². The van der Waals surface area contributed by atoms with Crippen molar-refractivity contribution in [2.24, 2.45) is 5.92 Å². The summed E-state index contributed by atoms with van der Waals surface area (Å²) in [5.74, 6) is 0.248. The van der Waals surface area contributed by atoms with Crippen LogP contribution in [0.25, 0.3) is 0 Å². The van der Waals surface area contributed by atoms with Gasteiger partial charge in [-0.2, -0.15) is 0 Å². The number of rotatable bonds is 12. The van der Waals surface area contributed by atoms with Gasteiger partial charge in [-0.3, -0.25) is 13.9 Å². The van der Waals surface area contributed by atoms with Crippen molar-refractivity contribution in [1.29, 1.82) is 0 Å². The Balaban J connectivity index is 1.86. The number of hydrogen-bond donors (Lipinski definition) is 1. The molecule has 1 atom stereocenters. The molecule has 9 nitrogen and oxygen atoms in total. The van der Waals surface area contributed by atoms with Crippen molar-refractivity contribution in [3.63, 3.8) is 0 Å². The SMILES string of the molecule is CCS(=O)(=O)N(CC(=O)N(CCc1ccccc1)[C@H](C)C(=O)NCC(C)C)c1ccc2c(c1)OCO2. The van der Waals surface area contributed by atoms with Crippen molar-refractivity contribution in [3.05, 3.63) is 54.1 Å². The molecule has 2 amide bonds. The minimum Gasteiger partial charge on any atom is -0.454 e. The standard InChI is InChI=1S/C26H35N3O6S/c1-5-36(32,33)29(22-11-12-23-24(15-22)35-18-34-23)17-25(30)28(14-13-21-9-7-6-8-10-21)20(4)26(31)27-16-19(2)3/h6-12,15,19-20H,5,13-14,16-18H2,1-4H3,(H,27,31)/t20-/m1/s1. The van der Waals surface area contributed by atoms with Crippen molar-refractivity contribution in [2.45, 2.75) is 40.2 Å². The lowest BCUT2D eigenvalue weighted by molar-refractivity contribution is -0.138. The third-order valence-electron chi connectivity index (χ3n) is 5.96. The van der Waals surface area contributed by atoms with Crippen LogP contribution in [0.3, 0.4) is 0 Å². The van der Waals surface area contributed by atoms with Crippen LogP contribution in [0.1, 0.15) is 33.3 Å².